The highest BCUT2D eigenvalue weighted by atomic mass is 16.3. The summed E-state index contributed by atoms with van der Waals surface area (Å²) in [5.74, 6) is 4.85. The molecule has 0 amide bonds. The van der Waals surface area contributed by atoms with Crippen LogP contribution in [0.5, 0.6) is 0 Å². The van der Waals surface area contributed by atoms with Crippen LogP contribution in [0.15, 0.2) is 0 Å². The SMILES string of the molecule is C[C@](N)(C#CCO)CO. The molecule has 0 heterocycles. The Kier molecular flexibility index (Phi) is 3.25. The van der Waals surface area contributed by atoms with E-state index in [0.29, 0.717) is 0 Å². The van der Waals surface area contributed by atoms with E-state index < -0.39 is 5.54 Å². The molecule has 0 aromatic rings. The van der Waals surface area contributed by atoms with Crippen molar-refractivity contribution in [3.8, 4) is 11.8 Å². The third kappa shape index (κ3) is 3.98. The van der Waals surface area contributed by atoms with Crippen molar-refractivity contribution in [2.24, 2.45) is 5.73 Å². The lowest BCUT2D eigenvalue weighted by Gasteiger charge is -2.11. The summed E-state index contributed by atoms with van der Waals surface area (Å²) >= 11 is 0. The summed E-state index contributed by atoms with van der Waals surface area (Å²) in [6.07, 6.45) is 0. The predicted octanol–water partition coefficient (Wildman–Crippen LogP) is -1.31. The molecule has 0 fully saturated rings. The average Bonchev–Trinajstić information content (AvgIpc) is 1.84. The van der Waals surface area contributed by atoms with E-state index >= 15 is 0 Å². The molecule has 0 radical (unpaired) electrons. The zero-order chi connectivity index (χ0) is 7.33. The van der Waals surface area contributed by atoms with Crippen molar-refractivity contribution in [2.45, 2.75) is 12.5 Å². The number of aliphatic hydroxyl groups excluding tert-OH is 2. The van der Waals surface area contributed by atoms with Crippen molar-refractivity contribution < 1.29 is 10.2 Å². The monoisotopic (exact) mass is 129 g/mol. The van der Waals surface area contributed by atoms with Crippen LogP contribution in [0.1, 0.15) is 6.92 Å². The number of rotatable bonds is 1. The maximum atomic E-state index is 8.51. The number of hydrogen-bond donors (Lipinski definition) is 3. The minimum Gasteiger partial charge on any atom is -0.393 e. The molecule has 0 aromatic carbocycles. The summed E-state index contributed by atoms with van der Waals surface area (Å²) in [5, 5.41) is 16.7. The summed E-state index contributed by atoms with van der Waals surface area (Å²) in [7, 11) is 0. The topological polar surface area (TPSA) is 66.5 Å². The first-order valence-corrected chi connectivity index (χ1v) is 2.63. The van der Waals surface area contributed by atoms with E-state index in [2.05, 4.69) is 11.8 Å². The molecular formula is C6H11NO2. The second kappa shape index (κ2) is 3.46. The Bertz CT molecular complexity index is 132. The minimum absolute atomic E-state index is 0.194. The molecule has 0 aliphatic carbocycles. The fourth-order valence-corrected chi connectivity index (χ4v) is 0.281. The van der Waals surface area contributed by atoms with Crippen molar-refractivity contribution in [2.75, 3.05) is 13.2 Å². The Morgan fingerprint density at radius 3 is 2.44 bits per heavy atom. The van der Waals surface area contributed by atoms with Crippen LogP contribution in [0.2, 0.25) is 0 Å². The van der Waals surface area contributed by atoms with E-state index in [1.54, 1.807) is 6.92 Å². The summed E-state index contributed by atoms with van der Waals surface area (Å²) < 4.78 is 0. The van der Waals surface area contributed by atoms with Crippen molar-refractivity contribution in [1.82, 2.24) is 0 Å². The normalized spacial score (nSPS) is 15.6. The van der Waals surface area contributed by atoms with Crippen LogP contribution in [0.4, 0.5) is 0 Å². The first-order chi connectivity index (χ1) is 4.12. The third-order valence-electron chi connectivity index (χ3n) is 0.781. The highest BCUT2D eigenvalue weighted by Crippen LogP contribution is 1.91. The fraction of sp³-hybridized carbons (Fsp3) is 0.667. The van der Waals surface area contributed by atoms with Crippen LogP contribution in [0, 0.1) is 11.8 Å². The summed E-state index contributed by atoms with van der Waals surface area (Å²) in [6, 6.07) is 0. The molecule has 0 aliphatic rings. The van der Waals surface area contributed by atoms with Gasteiger partial charge in [-0.15, -0.1) is 0 Å². The molecule has 1 atom stereocenters. The summed E-state index contributed by atoms with van der Waals surface area (Å²) in [6.45, 7) is 1.18. The summed E-state index contributed by atoms with van der Waals surface area (Å²) in [4.78, 5) is 0. The molecule has 3 nitrogen and oxygen atoms in total. The fourth-order valence-electron chi connectivity index (χ4n) is 0.281. The molecule has 0 bridgehead atoms. The molecule has 52 valence electrons. The summed E-state index contributed by atoms with van der Waals surface area (Å²) in [5.41, 5.74) is 4.50. The third-order valence-corrected chi connectivity index (χ3v) is 0.781. The van der Waals surface area contributed by atoms with Crippen LogP contribution < -0.4 is 5.73 Å². The Hall–Kier alpha value is -0.560. The van der Waals surface area contributed by atoms with Gasteiger partial charge in [0.1, 0.15) is 6.61 Å². The molecular weight excluding hydrogens is 118 g/mol. The van der Waals surface area contributed by atoms with Crippen LogP contribution in [0.3, 0.4) is 0 Å². The van der Waals surface area contributed by atoms with Gasteiger partial charge in [-0.1, -0.05) is 11.8 Å². The Morgan fingerprint density at radius 1 is 1.56 bits per heavy atom. The zero-order valence-electron chi connectivity index (χ0n) is 5.39. The molecule has 0 spiro atoms. The smallest absolute Gasteiger partial charge is 0.104 e. The second-order valence-corrected chi connectivity index (χ2v) is 2.04. The molecule has 0 unspecified atom stereocenters. The molecule has 4 N–H and O–H groups in total. The lowest BCUT2D eigenvalue weighted by Crippen LogP contribution is -2.38. The highest BCUT2D eigenvalue weighted by molar-refractivity contribution is 5.14. The molecule has 0 rings (SSSR count). The quantitative estimate of drug-likeness (QED) is 0.385. The van der Waals surface area contributed by atoms with Gasteiger partial charge in [0.2, 0.25) is 0 Å². The van der Waals surface area contributed by atoms with Crippen molar-refractivity contribution >= 4 is 0 Å². The highest BCUT2D eigenvalue weighted by Gasteiger charge is 2.11. The Labute approximate surface area is 54.5 Å². The van der Waals surface area contributed by atoms with E-state index in [9.17, 15) is 0 Å². The lowest BCUT2D eigenvalue weighted by atomic mass is 10.1. The standard InChI is InChI=1S/C6H11NO2/c1-6(7,5-9)3-2-4-8/h8-9H,4-5,7H2,1H3/t6-/m0/s1. The molecule has 0 saturated heterocycles. The first-order valence-electron chi connectivity index (χ1n) is 2.63. The van der Waals surface area contributed by atoms with Gasteiger partial charge in [-0.05, 0) is 6.92 Å². The predicted molar refractivity (Wildman–Crippen MR) is 34.5 cm³/mol. The molecule has 9 heavy (non-hydrogen) atoms. The van der Waals surface area contributed by atoms with Crippen molar-refractivity contribution in [1.29, 1.82) is 0 Å². The van der Waals surface area contributed by atoms with E-state index in [4.69, 9.17) is 15.9 Å². The van der Waals surface area contributed by atoms with Crippen molar-refractivity contribution in [3.63, 3.8) is 0 Å². The molecule has 3 heteroatoms. The molecule has 0 aliphatic heterocycles. The van der Waals surface area contributed by atoms with Gasteiger partial charge in [0.25, 0.3) is 0 Å². The maximum absolute atomic E-state index is 8.51. The number of aliphatic hydroxyl groups is 2. The maximum Gasteiger partial charge on any atom is 0.104 e. The van der Waals surface area contributed by atoms with E-state index in [-0.39, 0.29) is 13.2 Å². The Morgan fingerprint density at radius 2 is 2.11 bits per heavy atom. The van der Waals surface area contributed by atoms with E-state index in [1.807, 2.05) is 0 Å². The number of nitrogens with two attached hydrogens (primary N) is 1. The van der Waals surface area contributed by atoms with Gasteiger partial charge in [0, 0.05) is 0 Å². The number of hydrogen-bond acceptors (Lipinski definition) is 3. The van der Waals surface area contributed by atoms with Gasteiger partial charge >= 0.3 is 0 Å². The second-order valence-electron chi connectivity index (χ2n) is 2.04. The largest absolute Gasteiger partial charge is 0.393 e. The minimum atomic E-state index is -0.872. The van der Waals surface area contributed by atoms with Crippen molar-refractivity contribution in [3.05, 3.63) is 0 Å². The molecule has 0 aromatic heterocycles. The average molecular weight is 129 g/mol. The van der Waals surface area contributed by atoms with Crippen LogP contribution in [0.25, 0.3) is 0 Å². The van der Waals surface area contributed by atoms with Crippen LogP contribution >= 0.6 is 0 Å². The van der Waals surface area contributed by atoms with Gasteiger partial charge in [-0.3, -0.25) is 0 Å². The first kappa shape index (κ1) is 8.44. The van der Waals surface area contributed by atoms with E-state index in [0.717, 1.165) is 0 Å². The van der Waals surface area contributed by atoms with Gasteiger partial charge in [-0.25, -0.2) is 0 Å². The zero-order valence-corrected chi connectivity index (χ0v) is 5.39. The van der Waals surface area contributed by atoms with Crippen LogP contribution in [-0.4, -0.2) is 29.0 Å². The van der Waals surface area contributed by atoms with E-state index in [1.165, 1.54) is 0 Å². The van der Waals surface area contributed by atoms with Crippen LogP contribution in [-0.2, 0) is 0 Å². The van der Waals surface area contributed by atoms with Gasteiger partial charge in [0.15, 0.2) is 0 Å². The Balaban J connectivity index is 3.84. The van der Waals surface area contributed by atoms with Gasteiger partial charge in [-0.2, -0.15) is 0 Å². The van der Waals surface area contributed by atoms with Gasteiger partial charge in [0.05, 0.1) is 12.1 Å². The lowest BCUT2D eigenvalue weighted by molar-refractivity contribution is 0.243. The van der Waals surface area contributed by atoms with Gasteiger partial charge < -0.3 is 15.9 Å². The molecule has 0 saturated carbocycles.